The molecular formula is C33H42Cl2O4. The lowest BCUT2D eigenvalue weighted by atomic mass is 10.1. The summed E-state index contributed by atoms with van der Waals surface area (Å²) in [7, 11) is 0. The topological polar surface area (TPSA) is 55.8 Å². The Labute approximate surface area is 244 Å². The molecule has 2 aromatic carbocycles. The molecule has 1 saturated carbocycles. The van der Waals surface area contributed by atoms with Crippen LogP contribution in [0.3, 0.4) is 0 Å². The molecule has 212 valence electrons. The Bertz CT molecular complexity index is 1070. The van der Waals surface area contributed by atoms with Crippen LogP contribution in [0.5, 0.6) is 11.5 Å². The van der Waals surface area contributed by atoms with Crippen molar-refractivity contribution in [1.29, 1.82) is 0 Å². The quantitative estimate of drug-likeness (QED) is 0.139. The van der Waals surface area contributed by atoms with Gasteiger partial charge in [-0.15, -0.1) is 0 Å². The molecule has 2 aromatic rings. The molecule has 0 saturated heterocycles. The fraction of sp³-hybridized carbons (Fsp3) is 0.424. The van der Waals surface area contributed by atoms with Crippen LogP contribution in [0.25, 0.3) is 0 Å². The van der Waals surface area contributed by atoms with E-state index in [-0.39, 0.29) is 34.3 Å². The third kappa shape index (κ3) is 12.5. The number of para-hydroxylation sites is 1. The first-order chi connectivity index (χ1) is 18.8. The van der Waals surface area contributed by atoms with Crippen molar-refractivity contribution in [1.82, 2.24) is 0 Å². The van der Waals surface area contributed by atoms with Gasteiger partial charge in [0.25, 0.3) is 0 Å². The number of aliphatic hydroxyl groups excluding tert-OH is 1. The number of esters is 1. The Balaban J connectivity index is 0.000000349. The summed E-state index contributed by atoms with van der Waals surface area (Å²) in [5, 5.41) is 8.55. The molecule has 0 spiro atoms. The Morgan fingerprint density at radius 3 is 2.33 bits per heavy atom. The summed E-state index contributed by atoms with van der Waals surface area (Å²) in [5.74, 6) is 1.01. The van der Waals surface area contributed by atoms with Crippen LogP contribution >= 0.6 is 23.2 Å². The predicted octanol–water partition coefficient (Wildman–Crippen LogP) is 9.56. The van der Waals surface area contributed by atoms with Gasteiger partial charge in [0.1, 0.15) is 22.6 Å². The zero-order chi connectivity index (χ0) is 28.5. The zero-order valence-corrected chi connectivity index (χ0v) is 24.8. The van der Waals surface area contributed by atoms with E-state index in [1.807, 2.05) is 81.4 Å². The molecule has 0 radical (unpaired) electrons. The number of unbranched alkanes of at least 4 members (excludes halogenated alkanes) is 5. The molecule has 0 amide bonds. The van der Waals surface area contributed by atoms with E-state index in [2.05, 4.69) is 18.2 Å². The second-order valence-electron chi connectivity index (χ2n) is 10.2. The van der Waals surface area contributed by atoms with Gasteiger partial charge < -0.3 is 14.6 Å². The second-order valence-corrected chi connectivity index (χ2v) is 11.2. The van der Waals surface area contributed by atoms with Crippen LogP contribution in [0.4, 0.5) is 0 Å². The van der Waals surface area contributed by atoms with Gasteiger partial charge in [0.2, 0.25) is 0 Å². The summed E-state index contributed by atoms with van der Waals surface area (Å²) in [5.41, 5.74) is 0.678. The minimum Gasteiger partial charge on any atom is -0.461 e. The SMILES string of the molecule is C/C=C/C=C/CCCCCCCO.CC1(C)C(C=C(Cl)Cl)C1C(=O)OCc1cccc(Oc2ccccc2)c1. The number of rotatable bonds is 14. The lowest BCUT2D eigenvalue weighted by Crippen LogP contribution is -2.10. The van der Waals surface area contributed by atoms with Gasteiger partial charge in [-0.2, -0.15) is 0 Å². The first-order valence-electron chi connectivity index (χ1n) is 13.7. The van der Waals surface area contributed by atoms with Gasteiger partial charge >= 0.3 is 5.97 Å². The van der Waals surface area contributed by atoms with E-state index in [1.54, 1.807) is 6.08 Å². The first kappa shape index (κ1) is 32.7. The number of ether oxygens (including phenoxy) is 2. The summed E-state index contributed by atoms with van der Waals surface area (Å²) in [6.07, 6.45) is 17.3. The van der Waals surface area contributed by atoms with Crippen molar-refractivity contribution in [2.45, 2.75) is 65.9 Å². The number of allylic oxidation sites excluding steroid dienone is 5. The molecular weight excluding hydrogens is 531 g/mol. The van der Waals surface area contributed by atoms with Crippen molar-refractivity contribution < 1.29 is 19.4 Å². The number of aliphatic hydroxyl groups is 1. The van der Waals surface area contributed by atoms with Crippen LogP contribution in [0.1, 0.15) is 64.9 Å². The molecule has 3 rings (SSSR count). The molecule has 0 aromatic heterocycles. The highest BCUT2D eigenvalue weighted by Gasteiger charge is 2.61. The minimum absolute atomic E-state index is 0.00717. The highest BCUT2D eigenvalue weighted by Crippen LogP contribution is 2.60. The predicted molar refractivity (Wildman–Crippen MR) is 162 cm³/mol. The van der Waals surface area contributed by atoms with Crippen LogP contribution in [0.15, 0.2) is 89.5 Å². The van der Waals surface area contributed by atoms with Gasteiger partial charge in [-0.25, -0.2) is 0 Å². The summed E-state index contributed by atoms with van der Waals surface area (Å²) in [4.78, 5) is 12.4. The smallest absolute Gasteiger partial charge is 0.310 e. The molecule has 39 heavy (non-hydrogen) atoms. The monoisotopic (exact) mass is 572 g/mol. The van der Waals surface area contributed by atoms with Crippen molar-refractivity contribution in [3.05, 3.63) is 95.0 Å². The van der Waals surface area contributed by atoms with Crippen LogP contribution in [-0.4, -0.2) is 17.7 Å². The van der Waals surface area contributed by atoms with E-state index >= 15 is 0 Å². The first-order valence-corrected chi connectivity index (χ1v) is 14.4. The van der Waals surface area contributed by atoms with Crippen molar-refractivity contribution in [2.75, 3.05) is 6.61 Å². The highest BCUT2D eigenvalue weighted by molar-refractivity contribution is 6.55. The van der Waals surface area contributed by atoms with Gasteiger partial charge in [-0.1, -0.05) is 111 Å². The largest absolute Gasteiger partial charge is 0.461 e. The lowest BCUT2D eigenvalue weighted by Gasteiger charge is -2.09. The van der Waals surface area contributed by atoms with E-state index in [0.29, 0.717) is 12.4 Å². The summed E-state index contributed by atoms with van der Waals surface area (Å²) >= 11 is 11.5. The van der Waals surface area contributed by atoms with E-state index in [9.17, 15) is 4.79 Å². The standard InChI is InChI=1S/C21H20Cl2O3.C12H22O/c1-21(2)17(12-18(22)23)19(21)20(24)25-13-14-7-6-10-16(11-14)26-15-8-4-3-5-9-15;1-2-3-4-5-6-7-8-9-10-11-12-13/h3-12,17,19H,13H2,1-2H3;2-5,13H,6-12H2,1H3/b;3-2+,5-4+. The average Bonchev–Trinajstić information content (AvgIpc) is 3.46. The third-order valence-corrected chi connectivity index (χ3v) is 6.95. The van der Waals surface area contributed by atoms with Crippen LogP contribution in [-0.2, 0) is 16.1 Å². The molecule has 4 nitrogen and oxygen atoms in total. The summed E-state index contributed by atoms with van der Waals surface area (Å²) in [6, 6.07) is 17.0. The maximum Gasteiger partial charge on any atom is 0.310 e. The van der Waals surface area contributed by atoms with E-state index < -0.39 is 0 Å². The van der Waals surface area contributed by atoms with Crippen molar-refractivity contribution in [3.8, 4) is 11.5 Å². The Hall–Kier alpha value is -2.53. The van der Waals surface area contributed by atoms with Crippen LogP contribution < -0.4 is 4.74 Å². The average molecular weight is 574 g/mol. The van der Waals surface area contributed by atoms with Crippen molar-refractivity contribution in [3.63, 3.8) is 0 Å². The Morgan fingerprint density at radius 1 is 0.949 bits per heavy atom. The maximum absolute atomic E-state index is 12.4. The minimum atomic E-state index is -0.236. The third-order valence-electron chi connectivity index (χ3n) is 6.70. The summed E-state index contributed by atoms with van der Waals surface area (Å²) < 4.78 is 11.5. The van der Waals surface area contributed by atoms with Gasteiger partial charge in [0.15, 0.2) is 0 Å². The van der Waals surface area contributed by atoms with Crippen LogP contribution in [0.2, 0.25) is 0 Å². The van der Waals surface area contributed by atoms with E-state index in [4.69, 9.17) is 37.8 Å². The van der Waals surface area contributed by atoms with Gasteiger partial charge in [0.05, 0.1) is 5.92 Å². The fourth-order valence-corrected chi connectivity index (χ4v) is 4.60. The maximum atomic E-state index is 12.4. The molecule has 2 atom stereocenters. The molecule has 0 aliphatic heterocycles. The van der Waals surface area contributed by atoms with E-state index in [0.717, 1.165) is 17.7 Å². The molecule has 1 N–H and O–H groups in total. The number of halogens is 2. The lowest BCUT2D eigenvalue weighted by molar-refractivity contribution is -0.147. The number of hydrogen-bond acceptors (Lipinski definition) is 4. The second kappa shape index (κ2) is 17.9. The van der Waals surface area contributed by atoms with Gasteiger partial charge in [0, 0.05) is 6.61 Å². The molecule has 6 heteroatoms. The molecule has 1 fully saturated rings. The normalized spacial score (nSPS) is 17.4. The molecule has 2 unspecified atom stereocenters. The Kier molecular flexibility index (Phi) is 15.0. The number of carbonyl (C=O) groups is 1. The molecule has 1 aliphatic carbocycles. The van der Waals surface area contributed by atoms with Gasteiger partial charge in [-0.05, 0) is 73.4 Å². The summed E-state index contributed by atoms with van der Waals surface area (Å²) in [6.45, 7) is 6.58. The van der Waals surface area contributed by atoms with Crippen molar-refractivity contribution in [2.24, 2.45) is 17.3 Å². The molecule has 0 bridgehead atoms. The fourth-order valence-electron chi connectivity index (χ4n) is 4.33. The Morgan fingerprint density at radius 2 is 1.64 bits per heavy atom. The molecule has 0 heterocycles. The van der Waals surface area contributed by atoms with Crippen molar-refractivity contribution >= 4 is 29.2 Å². The number of hydrogen-bond donors (Lipinski definition) is 1. The molecule has 1 aliphatic rings. The zero-order valence-electron chi connectivity index (χ0n) is 23.3. The van der Waals surface area contributed by atoms with E-state index in [1.165, 1.54) is 32.1 Å². The van der Waals surface area contributed by atoms with Crippen LogP contribution in [0, 0.1) is 17.3 Å². The highest BCUT2D eigenvalue weighted by atomic mass is 35.5. The number of carbonyl (C=O) groups excluding carboxylic acids is 1. The number of benzene rings is 2. The van der Waals surface area contributed by atoms with Gasteiger partial charge in [-0.3, -0.25) is 4.79 Å².